The Morgan fingerprint density at radius 3 is 2.40 bits per heavy atom. The van der Waals surface area contributed by atoms with Gasteiger partial charge in [-0.1, -0.05) is 36.4 Å². The van der Waals surface area contributed by atoms with Gasteiger partial charge in [-0.2, -0.15) is 0 Å². The molecule has 0 aromatic heterocycles. The molecular formula is C20H22N2O3. The number of ether oxygens (including phenoxy) is 2. The van der Waals surface area contributed by atoms with Crippen molar-refractivity contribution >= 4 is 17.7 Å². The number of rotatable bonds is 4. The van der Waals surface area contributed by atoms with E-state index in [1.807, 2.05) is 43.3 Å². The molecule has 0 unspecified atom stereocenters. The van der Waals surface area contributed by atoms with Crippen LogP contribution in [0.2, 0.25) is 0 Å². The summed E-state index contributed by atoms with van der Waals surface area (Å²) in [7, 11) is 4.94. The lowest BCUT2D eigenvalue weighted by Gasteiger charge is -2.36. The number of methoxy groups -OCH3 is 2. The summed E-state index contributed by atoms with van der Waals surface area (Å²) in [5.74, 6) is 1.08. The average molecular weight is 338 g/mol. The molecule has 0 fully saturated rings. The Morgan fingerprint density at radius 1 is 1.12 bits per heavy atom. The van der Waals surface area contributed by atoms with Gasteiger partial charge in [-0.25, -0.2) is 0 Å². The van der Waals surface area contributed by atoms with E-state index < -0.39 is 0 Å². The van der Waals surface area contributed by atoms with E-state index in [2.05, 4.69) is 11.4 Å². The maximum Gasteiger partial charge on any atom is 0.257 e. The number of likely N-dealkylation sites (N-methyl/N-ethyl adjacent to an activating group) is 1. The molecule has 3 rings (SSSR count). The number of fused-ring (bicyclic) bond motifs is 1. The largest absolute Gasteiger partial charge is 0.493 e. The van der Waals surface area contributed by atoms with Crippen LogP contribution in [0, 0.1) is 0 Å². The Morgan fingerprint density at radius 2 is 1.76 bits per heavy atom. The average Bonchev–Trinajstić information content (AvgIpc) is 2.64. The zero-order chi connectivity index (χ0) is 18.0. The van der Waals surface area contributed by atoms with E-state index in [9.17, 15) is 4.79 Å². The normalized spacial score (nSPS) is 17.0. The van der Waals surface area contributed by atoms with Crippen molar-refractivity contribution in [3.05, 3.63) is 59.2 Å². The first kappa shape index (κ1) is 16.9. The van der Waals surface area contributed by atoms with Gasteiger partial charge in [0, 0.05) is 13.1 Å². The third-order valence-corrected chi connectivity index (χ3v) is 4.38. The quantitative estimate of drug-likeness (QED) is 0.925. The van der Waals surface area contributed by atoms with E-state index in [4.69, 9.17) is 9.47 Å². The van der Waals surface area contributed by atoms with Crippen LogP contribution in [-0.2, 0) is 0 Å². The molecule has 1 atom stereocenters. The summed E-state index contributed by atoms with van der Waals surface area (Å²) in [5.41, 5.74) is 3.46. The lowest BCUT2D eigenvalue weighted by atomic mass is 10.0. The number of nitrogens with zero attached hydrogens (tertiary/aromatic N) is 1. The van der Waals surface area contributed by atoms with Crippen LogP contribution in [-0.4, -0.2) is 38.2 Å². The molecule has 0 spiro atoms. The Bertz CT molecular complexity index is 815. The molecule has 0 radical (unpaired) electrons. The Kier molecular flexibility index (Phi) is 4.65. The number of anilines is 1. The molecule has 1 aliphatic rings. The van der Waals surface area contributed by atoms with Gasteiger partial charge < -0.3 is 19.7 Å². The fourth-order valence-electron chi connectivity index (χ4n) is 3.04. The van der Waals surface area contributed by atoms with Crippen molar-refractivity contribution in [2.24, 2.45) is 0 Å². The zero-order valence-electron chi connectivity index (χ0n) is 14.9. The second-order valence-corrected chi connectivity index (χ2v) is 6.01. The molecule has 1 aliphatic heterocycles. The highest BCUT2D eigenvalue weighted by molar-refractivity contribution is 6.02. The Hall–Kier alpha value is -2.95. The maximum atomic E-state index is 12.8. The summed E-state index contributed by atoms with van der Waals surface area (Å²) in [6.45, 7) is 2.01. The second-order valence-electron chi connectivity index (χ2n) is 6.01. The Balaban J connectivity index is 1.98. The summed E-state index contributed by atoms with van der Waals surface area (Å²) < 4.78 is 10.7. The van der Waals surface area contributed by atoms with E-state index in [1.165, 1.54) is 0 Å². The molecule has 2 aromatic rings. The van der Waals surface area contributed by atoms with Crippen LogP contribution in [0.5, 0.6) is 11.5 Å². The maximum absolute atomic E-state index is 12.8. The highest BCUT2D eigenvalue weighted by atomic mass is 16.5. The van der Waals surface area contributed by atoms with Crippen molar-refractivity contribution < 1.29 is 14.3 Å². The third kappa shape index (κ3) is 3.18. The van der Waals surface area contributed by atoms with Gasteiger partial charge in [0.15, 0.2) is 11.5 Å². The van der Waals surface area contributed by atoms with Crippen LogP contribution in [0.3, 0.4) is 0 Å². The lowest BCUT2D eigenvalue weighted by molar-refractivity contribution is 0.0757. The van der Waals surface area contributed by atoms with E-state index in [0.717, 1.165) is 16.8 Å². The third-order valence-electron chi connectivity index (χ3n) is 4.38. The van der Waals surface area contributed by atoms with Crippen LogP contribution < -0.4 is 14.8 Å². The van der Waals surface area contributed by atoms with Crippen LogP contribution in [0.1, 0.15) is 22.8 Å². The number of benzene rings is 2. The smallest absolute Gasteiger partial charge is 0.257 e. The van der Waals surface area contributed by atoms with Crippen molar-refractivity contribution in [1.29, 1.82) is 0 Å². The van der Waals surface area contributed by atoms with Gasteiger partial charge in [0.05, 0.1) is 25.5 Å². The number of carbonyl (C=O) groups is 1. The molecule has 0 aliphatic carbocycles. The van der Waals surface area contributed by atoms with Crippen LogP contribution >= 0.6 is 0 Å². The monoisotopic (exact) mass is 338 g/mol. The van der Waals surface area contributed by atoms with Crippen molar-refractivity contribution in [3.63, 3.8) is 0 Å². The van der Waals surface area contributed by atoms with Crippen LogP contribution in [0.15, 0.2) is 48.0 Å². The molecule has 130 valence electrons. The first-order valence-corrected chi connectivity index (χ1v) is 8.08. The lowest BCUT2D eigenvalue weighted by Crippen LogP contribution is -2.47. The van der Waals surface area contributed by atoms with Gasteiger partial charge in [-0.15, -0.1) is 0 Å². The van der Waals surface area contributed by atoms with Crippen molar-refractivity contribution in [2.45, 2.75) is 13.1 Å². The molecule has 5 nitrogen and oxygen atoms in total. The number of amides is 1. The van der Waals surface area contributed by atoms with Crippen LogP contribution in [0.4, 0.5) is 5.69 Å². The Labute approximate surface area is 147 Å². The predicted molar refractivity (Wildman–Crippen MR) is 99.1 cm³/mol. The van der Waals surface area contributed by atoms with Gasteiger partial charge in [-0.3, -0.25) is 4.79 Å². The molecular weight excluding hydrogens is 316 g/mol. The number of hydrogen-bond donors (Lipinski definition) is 1. The van der Waals surface area contributed by atoms with Gasteiger partial charge >= 0.3 is 0 Å². The summed E-state index contributed by atoms with van der Waals surface area (Å²) in [5, 5.41) is 3.42. The molecule has 0 bridgehead atoms. The fourth-order valence-corrected chi connectivity index (χ4v) is 3.04. The molecule has 2 aromatic carbocycles. The molecule has 0 saturated carbocycles. The van der Waals surface area contributed by atoms with Crippen molar-refractivity contribution in [1.82, 2.24) is 4.90 Å². The molecule has 1 N–H and O–H groups in total. The zero-order valence-corrected chi connectivity index (χ0v) is 14.9. The molecule has 25 heavy (non-hydrogen) atoms. The number of carbonyl (C=O) groups excluding carboxylic acids is 1. The standard InChI is InChI=1S/C20H22N2O3/c1-13(10-14-8-6-5-7-9-14)19-21-16-12-18(25-4)17(24-3)11-15(16)20(23)22(19)2/h5-12,19,21H,1-4H3/b13-10-/t19-/m0/s1. The first-order chi connectivity index (χ1) is 12.0. The minimum Gasteiger partial charge on any atom is -0.493 e. The van der Waals surface area contributed by atoms with E-state index in [0.29, 0.717) is 17.1 Å². The molecule has 5 heteroatoms. The fraction of sp³-hybridized carbons (Fsp3) is 0.250. The molecule has 1 heterocycles. The van der Waals surface area contributed by atoms with E-state index >= 15 is 0 Å². The summed E-state index contributed by atoms with van der Waals surface area (Å²) in [6, 6.07) is 13.6. The molecule has 1 amide bonds. The minimum absolute atomic E-state index is 0.0551. The van der Waals surface area contributed by atoms with Gasteiger partial charge in [0.1, 0.15) is 6.17 Å². The topological polar surface area (TPSA) is 50.8 Å². The summed E-state index contributed by atoms with van der Waals surface area (Å²) >= 11 is 0. The second kappa shape index (κ2) is 6.89. The van der Waals surface area contributed by atoms with Gasteiger partial charge in [0.2, 0.25) is 0 Å². The highest BCUT2D eigenvalue weighted by Crippen LogP contribution is 2.37. The number of nitrogens with one attached hydrogen (secondary N) is 1. The molecule has 0 saturated heterocycles. The van der Waals surface area contributed by atoms with E-state index in [-0.39, 0.29) is 12.1 Å². The first-order valence-electron chi connectivity index (χ1n) is 8.08. The van der Waals surface area contributed by atoms with Crippen molar-refractivity contribution in [2.75, 3.05) is 26.6 Å². The van der Waals surface area contributed by atoms with Crippen LogP contribution in [0.25, 0.3) is 6.08 Å². The minimum atomic E-state index is -0.224. The highest BCUT2D eigenvalue weighted by Gasteiger charge is 2.31. The van der Waals surface area contributed by atoms with E-state index in [1.54, 1.807) is 32.2 Å². The summed E-state index contributed by atoms with van der Waals surface area (Å²) in [6.07, 6.45) is 1.85. The predicted octanol–water partition coefficient (Wildman–Crippen LogP) is 3.63. The van der Waals surface area contributed by atoms with Gasteiger partial charge in [-0.05, 0) is 24.1 Å². The SMILES string of the molecule is COc1cc2c(cc1OC)C(=O)N(C)[C@@H](/C(C)=C\c1ccccc1)N2. The van der Waals surface area contributed by atoms with Gasteiger partial charge in [0.25, 0.3) is 5.91 Å². The van der Waals surface area contributed by atoms with Crippen molar-refractivity contribution in [3.8, 4) is 11.5 Å². The summed E-state index contributed by atoms with van der Waals surface area (Å²) in [4.78, 5) is 14.5. The number of hydrogen-bond acceptors (Lipinski definition) is 4.